The number of benzene rings is 1. The summed E-state index contributed by atoms with van der Waals surface area (Å²) in [4.78, 5) is 21.8. The molecule has 3 heterocycles. The number of rotatable bonds is 6. The zero-order valence-electron chi connectivity index (χ0n) is 15.3. The van der Waals surface area contributed by atoms with Gasteiger partial charge in [0.15, 0.2) is 10.8 Å². The Kier molecular flexibility index (Phi) is 4.94. The van der Waals surface area contributed by atoms with Crippen molar-refractivity contribution >= 4 is 17.2 Å². The molecule has 0 saturated carbocycles. The third-order valence-electron chi connectivity index (χ3n) is 4.31. The molecule has 1 unspecified atom stereocenters. The monoisotopic (exact) mass is 394 g/mol. The standard InChI is InChI=1S/C20H18N4O3S/c1-24-10-9-21-18(24)17(13-6-3-4-7-15(13)26-2)23-19(25)14-12-28-20(22-14)16-8-5-11-27-16/h3-12,17H,1-2H3,(H,23,25). The second kappa shape index (κ2) is 7.69. The number of hydrogen-bond donors (Lipinski definition) is 1. The van der Waals surface area contributed by atoms with Crippen molar-refractivity contribution in [3.05, 3.63) is 77.5 Å². The molecule has 28 heavy (non-hydrogen) atoms. The lowest BCUT2D eigenvalue weighted by Crippen LogP contribution is -2.31. The van der Waals surface area contributed by atoms with Gasteiger partial charge in [0, 0.05) is 30.4 Å². The highest BCUT2D eigenvalue weighted by Crippen LogP contribution is 2.30. The summed E-state index contributed by atoms with van der Waals surface area (Å²) in [5.41, 5.74) is 1.14. The van der Waals surface area contributed by atoms with Gasteiger partial charge < -0.3 is 19.0 Å². The summed E-state index contributed by atoms with van der Waals surface area (Å²) in [6.07, 6.45) is 5.11. The molecule has 0 aliphatic carbocycles. The van der Waals surface area contributed by atoms with Crippen molar-refractivity contribution in [3.8, 4) is 16.5 Å². The van der Waals surface area contributed by atoms with E-state index in [4.69, 9.17) is 9.15 Å². The summed E-state index contributed by atoms with van der Waals surface area (Å²) in [5.74, 6) is 1.70. The van der Waals surface area contributed by atoms with Crippen LogP contribution in [0.4, 0.5) is 0 Å². The molecule has 4 aromatic rings. The fourth-order valence-electron chi connectivity index (χ4n) is 2.94. The van der Waals surface area contributed by atoms with E-state index >= 15 is 0 Å². The lowest BCUT2D eigenvalue weighted by molar-refractivity contribution is 0.0936. The van der Waals surface area contributed by atoms with Gasteiger partial charge in [0.1, 0.15) is 23.3 Å². The van der Waals surface area contributed by atoms with Crippen LogP contribution in [0.25, 0.3) is 10.8 Å². The lowest BCUT2D eigenvalue weighted by atomic mass is 10.0. The van der Waals surface area contributed by atoms with Crippen LogP contribution in [0.3, 0.4) is 0 Å². The van der Waals surface area contributed by atoms with Crippen molar-refractivity contribution in [2.24, 2.45) is 7.05 Å². The molecule has 1 amide bonds. The SMILES string of the molecule is COc1ccccc1C(NC(=O)c1csc(-c2ccco2)n1)c1nccn1C. The minimum absolute atomic E-state index is 0.298. The van der Waals surface area contributed by atoms with E-state index in [9.17, 15) is 4.79 Å². The predicted molar refractivity (Wildman–Crippen MR) is 105 cm³/mol. The average molecular weight is 394 g/mol. The van der Waals surface area contributed by atoms with Crippen LogP contribution in [-0.2, 0) is 7.05 Å². The Morgan fingerprint density at radius 3 is 2.86 bits per heavy atom. The molecule has 7 nitrogen and oxygen atoms in total. The Balaban J connectivity index is 1.66. The highest BCUT2D eigenvalue weighted by molar-refractivity contribution is 7.13. The van der Waals surface area contributed by atoms with Gasteiger partial charge in [0.2, 0.25) is 0 Å². The van der Waals surface area contributed by atoms with Gasteiger partial charge in [0.25, 0.3) is 5.91 Å². The van der Waals surface area contributed by atoms with Crippen molar-refractivity contribution in [2.45, 2.75) is 6.04 Å². The summed E-state index contributed by atoms with van der Waals surface area (Å²) >= 11 is 1.36. The third-order valence-corrected chi connectivity index (χ3v) is 5.17. The van der Waals surface area contributed by atoms with Gasteiger partial charge in [-0.2, -0.15) is 0 Å². The van der Waals surface area contributed by atoms with Crippen molar-refractivity contribution in [2.75, 3.05) is 7.11 Å². The van der Waals surface area contributed by atoms with Crippen molar-refractivity contribution in [1.82, 2.24) is 19.9 Å². The van der Waals surface area contributed by atoms with Gasteiger partial charge in [-0.3, -0.25) is 4.79 Å². The number of thiazole rings is 1. The molecule has 0 bridgehead atoms. The van der Waals surface area contributed by atoms with E-state index < -0.39 is 6.04 Å². The summed E-state index contributed by atoms with van der Waals surface area (Å²) < 4.78 is 12.7. The molecule has 0 spiro atoms. The number of aromatic nitrogens is 3. The van der Waals surface area contributed by atoms with Gasteiger partial charge in [0.05, 0.1) is 13.4 Å². The fourth-order valence-corrected chi connectivity index (χ4v) is 3.70. The number of nitrogens with zero attached hydrogens (tertiary/aromatic N) is 3. The predicted octanol–water partition coefficient (Wildman–Crippen LogP) is 3.66. The van der Waals surface area contributed by atoms with Gasteiger partial charge in [-0.05, 0) is 18.2 Å². The van der Waals surface area contributed by atoms with Crippen LogP contribution < -0.4 is 10.1 Å². The molecule has 0 aliphatic heterocycles. The number of carbonyl (C=O) groups excluding carboxylic acids is 1. The number of hydrogen-bond acceptors (Lipinski definition) is 6. The number of imidazole rings is 1. The zero-order valence-corrected chi connectivity index (χ0v) is 16.1. The number of furan rings is 1. The Bertz CT molecular complexity index is 1080. The smallest absolute Gasteiger partial charge is 0.271 e. The van der Waals surface area contributed by atoms with Crippen LogP contribution >= 0.6 is 11.3 Å². The number of aryl methyl sites for hydroxylation is 1. The number of amides is 1. The first kappa shape index (κ1) is 18.0. The van der Waals surface area contributed by atoms with Gasteiger partial charge >= 0.3 is 0 Å². The molecule has 1 aromatic carbocycles. The zero-order chi connectivity index (χ0) is 19.5. The van der Waals surface area contributed by atoms with E-state index in [1.54, 1.807) is 31.0 Å². The van der Waals surface area contributed by atoms with E-state index in [1.807, 2.05) is 48.1 Å². The average Bonchev–Trinajstić information content (AvgIpc) is 3.47. The third kappa shape index (κ3) is 3.41. The molecule has 0 saturated heterocycles. The van der Waals surface area contributed by atoms with Crippen molar-refractivity contribution in [1.29, 1.82) is 0 Å². The minimum atomic E-state index is -0.489. The quantitative estimate of drug-likeness (QED) is 0.540. The molecule has 0 radical (unpaired) electrons. The molecule has 1 N–H and O–H groups in total. The van der Waals surface area contributed by atoms with E-state index in [2.05, 4.69) is 15.3 Å². The van der Waals surface area contributed by atoms with Gasteiger partial charge in [-0.25, -0.2) is 9.97 Å². The van der Waals surface area contributed by atoms with Crippen molar-refractivity contribution in [3.63, 3.8) is 0 Å². The maximum atomic E-state index is 12.9. The Hall–Kier alpha value is -3.39. The Morgan fingerprint density at radius 2 is 2.14 bits per heavy atom. The number of para-hydroxylation sites is 1. The molecule has 4 rings (SSSR count). The summed E-state index contributed by atoms with van der Waals surface area (Å²) in [6.45, 7) is 0. The van der Waals surface area contributed by atoms with E-state index in [0.717, 1.165) is 5.56 Å². The highest BCUT2D eigenvalue weighted by Gasteiger charge is 2.25. The molecule has 8 heteroatoms. The number of carbonyl (C=O) groups is 1. The molecule has 142 valence electrons. The molecular weight excluding hydrogens is 376 g/mol. The minimum Gasteiger partial charge on any atom is -0.496 e. The maximum absolute atomic E-state index is 12.9. The van der Waals surface area contributed by atoms with Crippen LogP contribution in [0.5, 0.6) is 5.75 Å². The molecule has 3 aromatic heterocycles. The van der Waals surface area contributed by atoms with E-state index in [0.29, 0.717) is 28.0 Å². The van der Waals surface area contributed by atoms with Crippen LogP contribution in [0.1, 0.15) is 27.9 Å². The summed E-state index contributed by atoms with van der Waals surface area (Å²) in [6, 6.07) is 10.7. The van der Waals surface area contributed by atoms with E-state index in [1.165, 1.54) is 11.3 Å². The van der Waals surface area contributed by atoms with Crippen LogP contribution in [-0.4, -0.2) is 27.6 Å². The topological polar surface area (TPSA) is 82.2 Å². The van der Waals surface area contributed by atoms with Crippen molar-refractivity contribution < 1.29 is 13.9 Å². The van der Waals surface area contributed by atoms with E-state index in [-0.39, 0.29) is 5.91 Å². The first-order chi connectivity index (χ1) is 13.7. The van der Waals surface area contributed by atoms with Crippen LogP contribution in [0, 0.1) is 0 Å². The summed E-state index contributed by atoms with van der Waals surface area (Å²) in [7, 11) is 3.49. The number of ether oxygens (including phenoxy) is 1. The summed E-state index contributed by atoms with van der Waals surface area (Å²) in [5, 5.41) is 5.40. The van der Waals surface area contributed by atoms with Crippen LogP contribution in [0.2, 0.25) is 0 Å². The highest BCUT2D eigenvalue weighted by atomic mass is 32.1. The first-order valence-corrected chi connectivity index (χ1v) is 9.45. The Morgan fingerprint density at radius 1 is 1.29 bits per heavy atom. The second-order valence-electron chi connectivity index (χ2n) is 6.06. The fraction of sp³-hybridized carbons (Fsp3) is 0.150. The molecule has 0 aliphatic rings. The maximum Gasteiger partial charge on any atom is 0.271 e. The molecular formula is C20H18N4O3S. The van der Waals surface area contributed by atoms with Crippen LogP contribution in [0.15, 0.2) is 64.9 Å². The number of methoxy groups -OCH3 is 1. The van der Waals surface area contributed by atoms with Gasteiger partial charge in [-0.15, -0.1) is 11.3 Å². The lowest BCUT2D eigenvalue weighted by Gasteiger charge is -2.20. The molecule has 0 fully saturated rings. The van der Waals surface area contributed by atoms with Gasteiger partial charge in [-0.1, -0.05) is 18.2 Å². The first-order valence-electron chi connectivity index (χ1n) is 8.57. The number of nitrogens with one attached hydrogen (secondary N) is 1. The second-order valence-corrected chi connectivity index (χ2v) is 6.92. The Labute approximate surface area is 165 Å². The molecule has 1 atom stereocenters. The normalized spacial score (nSPS) is 11.9. The largest absolute Gasteiger partial charge is 0.496 e.